The summed E-state index contributed by atoms with van der Waals surface area (Å²) in [6.07, 6.45) is 4.32. The molecule has 3 rings (SSSR count). The summed E-state index contributed by atoms with van der Waals surface area (Å²) in [7, 11) is -2.24. The lowest BCUT2D eigenvalue weighted by molar-refractivity contribution is -0.141. The van der Waals surface area contributed by atoms with E-state index in [1.54, 1.807) is 48.8 Å². The van der Waals surface area contributed by atoms with Crippen LogP contribution in [0.5, 0.6) is 0 Å². The van der Waals surface area contributed by atoms with Crippen LogP contribution in [-0.2, 0) is 32.7 Å². The number of benzene rings is 2. The molecule has 1 atom stereocenters. The van der Waals surface area contributed by atoms with E-state index in [-0.39, 0.29) is 25.5 Å². The van der Waals surface area contributed by atoms with Crippen molar-refractivity contribution in [3.05, 3.63) is 102 Å². The summed E-state index contributed by atoms with van der Waals surface area (Å²) in [6, 6.07) is 20.9. The Morgan fingerprint density at radius 1 is 0.912 bits per heavy atom. The zero-order valence-electron chi connectivity index (χ0n) is 19.2. The molecule has 0 aliphatic carbocycles. The van der Waals surface area contributed by atoms with Gasteiger partial charge in [0.15, 0.2) is 0 Å². The van der Waals surface area contributed by atoms with E-state index in [9.17, 15) is 18.0 Å². The molecular formula is C25H28N4O4S. The number of rotatable bonds is 10. The standard InChI is InChI=1S/C25H28N4O4S/c1-28(34(2,32)33)19-23(30)29(18-21-9-5-3-6-10-21)24(22-11-7-4-8-12-22)25(31)27-17-20-13-15-26-16-14-20/h3-16,24H,17-19H2,1-2H3,(H,27,31)/t24-/m1/s1. The number of carbonyl (C=O) groups is 2. The van der Waals surface area contributed by atoms with Crippen LogP contribution in [0.3, 0.4) is 0 Å². The number of carbonyl (C=O) groups excluding carboxylic acids is 2. The van der Waals surface area contributed by atoms with E-state index < -0.39 is 22.0 Å². The first-order valence-corrected chi connectivity index (χ1v) is 12.6. The molecule has 0 aliphatic rings. The Morgan fingerprint density at radius 2 is 1.50 bits per heavy atom. The van der Waals surface area contributed by atoms with E-state index in [1.807, 2.05) is 36.4 Å². The smallest absolute Gasteiger partial charge is 0.247 e. The van der Waals surface area contributed by atoms with Crippen LogP contribution in [0.25, 0.3) is 0 Å². The van der Waals surface area contributed by atoms with E-state index >= 15 is 0 Å². The van der Waals surface area contributed by atoms with Crippen molar-refractivity contribution in [2.45, 2.75) is 19.1 Å². The van der Waals surface area contributed by atoms with Gasteiger partial charge in [-0.15, -0.1) is 0 Å². The highest BCUT2D eigenvalue weighted by Crippen LogP contribution is 2.24. The van der Waals surface area contributed by atoms with E-state index in [0.717, 1.165) is 21.7 Å². The number of nitrogens with one attached hydrogen (secondary N) is 1. The normalized spacial score (nSPS) is 12.2. The fraction of sp³-hybridized carbons (Fsp3) is 0.240. The van der Waals surface area contributed by atoms with E-state index in [1.165, 1.54) is 11.9 Å². The Balaban J connectivity index is 1.96. The summed E-state index contributed by atoms with van der Waals surface area (Å²) in [5.41, 5.74) is 2.31. The maximum Gasteiger partial charge on any atom is 0.247 e. The van der Waals surface area contributed by atoms with Gasteiger partial charge in [-0.1, -0.05) is 60.7 Å². The molecule has 1 aromatic heterocycles. The molecule has 8 nitrogen and oxygen atoms in total. The maximum atomic E-state index is 13.5. The third kappa shape index (κ3) is 6.97. The predicted octanol–water partition coefficient (Wildman–Crippen LogP) is 2.36. The Morgan fingerprint density at radius 3 is 2.09 bits per heavy atom. The van der Waals surface area contributed by atoms with Crippen LogP contribution in [0.4, 0.5) is 0 Å². The first-order chi connectivity index (χ1) is 16.3. The van der Waals surface area contributed by atoms with Gasteiger partial charge in [0.25, 0.3) is 0 Å². The number of amides is 2. The fourth-order valence-corrected chi connectivity index (χ4v) is 3.74. The van der Waals surface area contributed by atoms with Crippen LogP contribution >= 0.6 is 0 Å². The number of aromatic nitrogens is 1. The van der Waals surface area contributed by atoms with Crippen LogP contribution in [0.2, 0.25) is 0 Å². The number of sulfonamides is 1. The van der Waals surface area contributed by atoms with Crippen LogP contribution in [0.15, 0.2) is 85.2 Å². The van der Waals surface area contributed by atoms with Gasteiger partial charge in [-0.2, -0.15) is 4.31 Å². The molecule has 178 valence electrons. The molecule has 0 saturated carbocycles. The lowest BCUT2D eigenvalue weighted by Gasteiger charge is -2.32. The lowest BCUT2D eigenvalue weighted by Crippen LogP contribution is -2.47. The molecule has 0 bridgehead atoms. The van der Waals surface area contributed by atoms with Crippen molar-refractivity contribution in [1.29, 1.82) is 0 Å². The summed E-state index contributed by atoms with van der Waals surface area (Å²) in [5, 5.41) is 2.91. The topological polar surface area (TPSA) is 99.7 Å². The van der Waals surface area contributed by atoms with Crippen molar-refractivity contribution < 1.29 is 18.0 Å². The second-order valence-electron chi connectivity index (χ2n) is 7.91. The summed E-state index contributed by atoms with van der Waals surface area (Å²) >= 11 is 0. The van der Waals surface area contributed by atoms with Crippen molar-refractivity contribution in [2.24, 2.45) is 0 Å². The van der Waals surface area contributed by atoms with E-state index in [0.29, 0.717) is 5.56 Å². The molecule has 1 N–H and O–H groups in total. The molecule has 0 saturated heterocycles. The van der Waals surface area contributed by atoms with Gasteiger partial charge in [-0.3, -0.25) is 14.6 Å². The fourth-order valence-electron chi connectivity index (χ4n) is 3.40. The van der Waals surface area contributed by atoms with Crippen LogP contribution in [-0.4, -0.2) is 54.3 Å². The van der Waals surface area contributed by atoms with Crippen molar-refractivity contribution in [3.8, 4) is 0 Å². The van der Waals surface area contributed by atoms with Crippen LogP contribution in [0, 0.1) is 0 Å². The monoisotopic (exact) mass is 480 g/mol. The van der Waals surface area contributed by atoms with Gasteiger partial charge in [0.2, 0.25) is 21.8 Å². The molecule has 0 radical (unpaired) electrons. The highest BCUT2D eigenvalue weighted by atomic mass is 32.2. The molecule has 1 heterocycles. The summed E-state index contributed by atoms with van der Waals surface area (Å²) < 4.78 is 24.9. The zero-order chi connectivity index (χ0) is 24.6. The highest BCUT2D eigenvalue weighted by Gasteiger charge is 2.32. The molecular weight excluding hydrogens is 452 g/mol. The molecule has 2 amide bonds. The molecule has 0 spiro atoms. The highest BCUT2D eigenvalue weighted by molar-refractivity contribution is 7.88. The number of pyridine rings is 1. The molecule has 3 aromatic rings. The quantitative estimate of drug-likeness (QED) is 0.480. The van der Waals surface area contributed by atoms with Gasteiger partial charge < -0.3 is 10.2 Å². The maximum absolute atomic E-state index is 13.5. The van der Waals surface area contributed by atoms with Gasteiger partial charge in [0, 0.05) is 32.5 Å². The zero-order valence-corrected chi connectivity index (χ0v) is 20.0. The number of likely N-dealkylation sites (N-methyl/N-ethyl adjacent to an activating group) is 1. The van der Waals surface area contributed by atoms with E-state index in [2.05, 4.69) is 10.3 Å². The van der Waals surface area contributed by atoms with Gasteiger partial charge in [-0.05, 0) is 28.8 Å². The SMILES string of the molecule is CN(CC(=O)N(Cc1ccccc1)[C@@H](C(=O)NCc1ccncc1)c1ccccc1)S(C)(=O)=O. The van der Waals surface area contributed by atoms with Crippen LogP contribution < -0.4 is 5.32 Å². The minimum Gasteiger partial charge on any atom is -0.350 e. The van der Waals surface area contributed by atoms with Crippen molar-refractivity contribution >= 4 is 21.8 Å². The average Bonchev–Trinajstić information content (AvgIpc) is 2.83. The molecule has 0 unspecified atom stereocenters. The number of nitrogens with zero attached hydrogens (tertiary/aromatic N) is 3. The molecule has 0 fully saturated rings. The number of hydrogen-bond acceptors (Lipinski definition) is 5. The first kappa shape index (κ1) is 25.1. The second-order valence-corrected chi connectivity index (χ2v) is 10.0. The minimum absolute atomic E-state index is 0.138. The molecule has 34 heavy (non-hydrogen) atoms. The van der Waals surface area contributed by atoms with Gasteiger partial charge >= 0.3 is 0 Å². The Bertz CT molecular complexity index is 1190. The predicted molar refractivity (Wildman–Crippen MR) is 130 cm³/mol. The van der Waals surface area contributed by atoms with Gasteiger partial charge in [0.05, 0.1) is 12.8 Å². The summed E-state index contributed by atoms with van der Waals surface area (Å²) in [4.78, 5) is 32.3. The largest absolute Gasteiger partial charge is 0.350 e. The molecule has 0 aliphatic heterocycles. The van der Waals surface area contributed by atoms with Gasteiger partial charge in [0.1, 0.15) is 6.04 Å². The Kier molecular flexibility index (Phi) is 8.50. The Hall–Kier alpha value is -3.56. The van der Waals surface area contributed by atoms with Crippen LogP contribution in [0.1, 0.15) is 22.7 Å². The summed E-state index contributed by atoms with van der Waals surface area (Å²) in [6.45, 7) is 0.0213. The van der Waals surface area contributed by atoms with Crippen molar-refractivity contribution in [2.75, 3.05) is 19.8 Å². The summed E-state index contributed by atoms with van der Waals surface area (Å²) in [5.74, 6) is -0.848. The molecule has 9 heteroatoms. The van der Waals surface area contributed by atoms with E-state index in [4.69, 9.17) is 0 Å². The third-order valence-electron chi connectivity index (χ3n) is 5.33. The lowest BCUT2D eigenvalue weighted by atomic mass is 10.0. The third-order valence-corrected chi connectivity index (χ3v) is 6.59. The minimum atomic E-state index is -3.58. The van der Waals surface area contributed by atoms with Crippen molar-refractivity contribution in [1.82, 2.24) is 19.5 Å². The molecule has 2 aromatic carbocycles. The number of hydrogen-bond donors (Lipinski definition) is 1. The second kappa shape index (κ2) is 11.5. The van der Waals surface area contributed by atoms with Crippen molar-refractivity contribution in [3.63, 3.8) is 0 Å². The first-order valence-electron chi connectivity index (χ1n) is 10.7. The average molecular weight is 481 g/mol. The van der Waals surface area contributed by atoms with Gasteiger partial charge in [-0.25, -0.2) is 8.42 Å². The Labute approximate surface area is 200 Å².